The number of hydrogen-bond acceptors (Lipinski definition) is 5. The fourth-order valence-electron chi connectivity index (χ4n) is 3.29. The molecule has 0 aliphatic heterocycles. The standard InChI is InChI=1S/C22H16FN5O2/c1-11-12(2)25-20-15(8-13(23)9-18(20)24-11)22(29)26-14-5-6-16-17(10-14)28-21(27-16)19-4-3-7-30-19/h3-10H,1-2H3,(H,26,29)(H,27,28). The molecule has 0 radical (unpaired) electrons. The number of carbonyl (C=O) groups excluding carboxylic acids is 1. The van der Waals surface area contributed by atoms with Gasteiger partial charge in [-0.15, -0.1) is 0 Å². The molecule has 0 saturated carbocycles. The van der Waals surface area contributed by atoms with Crippen LogP contribution in [0.5, 0.6) is 0 Å². The highest BCUT2D eigenvalue weighted by molar-refractivity contribution is 6.11. The maximum atomic E-state index is 14.1. The van der Waals surface area contributed by atoms with Crippen LogP contribution in [0, 0.1) is 19.7 Å². The minimum Gasteiger partial charge on any atom is -0.461 e. The van der Waals surface area contributed by atoms with E-state index in [4.69, 9.17) is 4.42 Å². The minimum atomic E-state index is -0.544. The largest absolute Gasteiger partial charge is 0.461 e. The summed E-state index contributed by atoms with van der Waals surface area (Å²) in [6.45, 7) is 3.60. The highest BCUT2D eigenvalue weighted by Gasteiger charge is 2.16. The Kier molecular flexibility index (Phi) is 4.06. The lowest BCUT2D eigenvalue weighted by Crippen LogP contribution is -2.14. The SMILES string of the molecule is Cc1nc2cc(F)cc(C(=O)Nc3ccc4nc(-c5ccco5)[nH]c4c3)c2nc1C. The van der Waals surface area contributed by atoms with Crippen LogP contribution in [0.15, 0.2) is 53.1 Å². The molecule has 0 fully saturated rings. The van der Waals surface area contributed by atoms with Crippen molar-refractivity contribution in [3.05, 3.63) is 71.5 Å². The Bertz CT molecular complexity index is 1420. The number of carbonyl (C=O) groups is 1. The van der Waals surface area contributed by atoms with Gasteiger partial charge in [0.25, 0.3) is 5.91 Å². The van der Waals surface area contributed by atoms with E-state index < -0.39 is 11.7 Å². The van der Waals surface area contributed by atoms with Gasteiger partial charge in [0.05, 0.1) is 39.8 Å². The van der Waals surface area contributed by atoms with Gasteiger partial charge < -0.3 is 14.7 Å². The van der Waals surface area contributed by atoms with E-state index in [1.54, 1.807) is 50.4 Å². The molecule has 0 unspecified atom stereocenters. The van der Waals surface area contributed by atoms with Crippen molar-refractivity contribution < 1.29 is 13.6 Å². The van der Waals surface area contributed by atoms with Crippen LogP contribution in [0.1, 0.15) is 21.7 Å². The summed E-state index contributed by atoms with van der Waals surface area (Å²) in [6.07, 6.45) is 1.57. The van der Waals surface area contributed by atoms with Crippen molar-refractivity contribution >= 4 is 33.7 Å². The van der Waals surface area contributed by atoms with Crippen LogP contribution < -0.4 is 5.32 Å². The molecule has 8 heteroatoms. The van der Waals surface area contributed by atoms with Crippen LogP contribution >= 0.6 is 0 Å². The number of aryl methyl sites for hydroxylation is 2. The molecular formula is C22H16FN5O2. The normalized spacial score (nSPS) is 11.3. The van der Waals surface area contributed by atoms with Gasteiger partial charge in [-0.05, 0) is 50.2 Å². The van der Waals surface area contributed by atoms with Crippen LogP contribution in [-0.2, 0) is 0 Å². The Labute approximate surface area is 170 Å². The molecule has 3 aromatic heterocycles. The molecule has 0 atom stereocenters. The Hall–Kier alpha value is -4.07. The molecular weight excluding hydrogens is 385 g/mol. The number of nitrogens with zero attached hydrogens (tertiary/aromatic N) is 3. The second kappa shape index (κ2) is 6.77. The number of fused-ring (bicyclic) bond motifs is 2. The van der Waals surface area contributed by atoms with Crippen molar-refractivity contribution in [3.8, 4) is 11.6 Å². The number of amides is 1. The molecule has 1 amide bonds. The Balaban J connectivity index is 1.51. The van der Waals surface area contributed by atoms with Crippen LogP contribution in [0.3, 0.4) is 0 Å². The zero-order valence-electron chi connectivity index (χ0n) is 16.2. The van der Waals surface area contributed by atoms with E-state index in [2.05, 4.69) is 25.3 Å². The number of H-pyrrole nitrogens is 1. The summed E-state index contributed by atoms with van der Waals surface area (Å²) >= 11 is 0. The first-order valence-electron chi connectivity index (χ1n) is 9.27. The van der Waals surface area contributed by atoms with E-state index in [-0.39, 0.29) is 5.56 Å². The fraction of sp³-hybridized carbons (Fsp3) is 0.0909. The highest BCUT2D eigenvalue weighted by Crippen LogP contribution is 2.25. The van der Waals surface area contributed by atoms with Crippen molar-refractivity contribution in [1.29, 1.82) is 0 Å². The molecule has 0 saturated heterocycles. The number of benzene rings is 2. The Morgan fingerprint density at radius 2 is 1.87 bits per heavy atom. The molecule has 148 valence electrons. The van der Waals surface area contributed by atoms with Gasteiger partial charge in [0, 0.05) is 11.8 Å². The van der Waals surface area contributed by atoms with Gasteiger partial charge in [-0.1, -0.05) is 0 Å². The summed E-state index contributed by atoms with van der Waals surface area (Å²) in [5, 5.41) is 2.80. The maximum Gasteiger partial charge on any atom is 0.258 e. The topological polar surface area (TPSA) is 96.7 Å². The summed E-state index contributed by atoms with van der Waals surface area (Å²) in [5.41, 5.74) is 4.21. The van der Waals surface area contributed by atoms with Gasteiger partial charge in [-0.3, -0.25) is 4.79 Å². The van der Waals surface area contributed by atoms with E-state index in [1.165, 1.54) is 12.1 Å². The molecule has 5 aromatic rings. The second-order valence-electron chi connectivity index (χ2n) is 6.96. The number of aromatic amines is 1. The number of hydrogen-bond donors (Lipinski definition) is 2. The number of rotatable bonds is 3. The zero-order valence-corrected chi connectivity index (χ0v) is 16.2. The third-order valence-corrected chi connectivity index (χ3v) is 4.88. The van der Waals surface area contributed by atoms with Crippen molar-refractivity contribution in [2.24, 2.45) is 0 Å². The molecule has 0 aliphatic carbocycles. The van der Waals surface area contributed by atoms with Crippen LogP contribution in [-0.4, -0.2) is 25.8 Å². The van der Waals surface area contributed by atoms with E-state index in [0.717, 1.165) is 11.0 Å². The number of imidazole rings is 1. The number of halogens is 1. The average molecular weight is 401 g/mol. The maximum absolute atomic E-state index is 14.1. The van der Waals surface area contributed by atoms with Gasteiger partial charge in [0.15, 0.2) is 11.6 Å². The number of aromatic nitrogens is 4. The fourth-order valence-corrected chi connectivity index (χ4v) is 3.29. The summed E-state index contributed by atoms with van der Waals surface area (Å²) in [7, 11) is 0. The molecule has 2 N–H and O–H groups in total. The van der Waals surface area contributed by atoms with E-state index in [9.17, 15) is 9.18 Å². The molecule has 2 aromatic carbocycles. The molecule has 0 spiro atoms. The van der Waals surface area contributed by atoms with Crippen LogP contribution in [0.4, 0.5) is 10.1 Å². The number of anilines is 1. The molecule has 5 rings (SSSR count). The lowest BCUT2D eigenvalue weighted by molar-refractivity contribution is 0.102. The van der Waals surface area contributed by atoms with Crippen molar-refractivity contribution in [2.45, 2.75) is 13.8 Å². The molecule has 0 aliphatic rings. The smallest absolute Gasteiger partial charge is 0.258 e. The number of nitrogens with one attached hydrogen (secondary N) is 2. The zero-order chi connectivity index (χ0) is 20.8. The Morgan fingerprint density at radius 1 is 1.03 bits per heavy atom. The highest BCUT2D eigenvalue weighted by atomic mass is 19.1. The Morgan fingerprint density at radius 3 is 2.67 bits per heavy atom. The lowest BCUT2D eigenvalue weighted by Gasteiger charge is -2.09. The van der Waals surface area contributed by atoms with E-state index >= 15 is 0 Å². The van der Waals surface area contributed by atoms with Gasteiger partial charge in [0.2, 0.25) is 0 Å². The number of furan rings is 1. The monoisotopic (exact) mass is 401 g/mol. The predicted octanol–water partition coefficient (Wildman–Crippen LogP) is 4.77. The second-order valence-corrected chi connectivity index (χ2v) is 6.96. The summed E-state index contributed by atoms with van der Waals surface area (Å²) in [6, 6.07) is 11.3. The van der Waals surface area contributed by atoms with Crippen LogP contribution in [0.25, 0.3) is 33.7 Å². The van der Waals surface area contributed by atoms with Gasteiger partial charge >= 0.3 is 0 Å². The first-order chi connectivity index (χ1) is 14.5. The third-order valence-electron chi connectivity index (χ3n) is 4.88. The first-order valence-corrected chi connectivity index (χ1v) is 9.27. The lowest BCUT2D eigenvalue weighted by atomic mass is 10.1. The molecule has 3 heterocycles. The van der Waals surface area contributed by atoms with Crippen molar-refractivity contribution in [2.75, 3.05) is 5.32 Å². The molecule has 30 heavy (non-hydrogen) atoms. The predicted molar refractivity (Wildman–Crippen MR) is 111 cm³/mol. The summed E-state index contributed by atoms with van der Waals surface area (Å²) in [5.74, 6) is 0.197. The van der Waals surface area contributed by atoms with Gasteiger partial charge in [0.1, 0.15) is 11.3 Å². The van der Waals surface area contributed by atoms with Gasteiger partial charge in [-0.2, -0.15) is 0 Å². The van der Waals surface area contributed by atoms with Crippen molar-refractivity contribution in [3.63, 3.8) is 0 Å². The van der Waals surface area contributed by atoms with E-state index in [0.29, 0.717) is 39.7 Å². The van der Waals surface area contributed by atoms with Gasteiger partial charge in [-0.25, -0.2) is 19.3 Å². The summed E-state index contributed by atoms with van der Waals surface area (Å²) < 4.78 is 19.5. The van der Waals surface area contributed by atoms with Crippen LogP contribution in [0.2, 0.25) is 0 Å². The van der Waals surface area contributed by atoms with E-state index in [1.807, 2.05) is 0 Å². The molecule has 0 bridgehead atoms. The first kappa shape index (κ1) is 18.0. The molecule has 7 nitrogen and oxygen atoms in total. The minimum absolute atomic E-state index is 0.126. The third kappa shape index (κ3) is 3.08. The quantitative estimate of drug-likeness (QED) is 0.454. The summed E-state index contributed by atoms with van der Waals surface area (Å²) in [4.78, 5) is 29.4. The average Bonchev–Trinajstić information content (AvgIpc) is 3.37. The van der Waals surface area contributed by atoms with Crippen molar-refractivity contribution in [1.82, 2.24) is 19.9 Å².